The Labute approximate surface area is 111 Å². The minimum absolute atomic E-state index is 0.0637. The van der Waals surface area contributed by atoms with Gasteiger partial charge < -0.3 is 15.2 Å². The highest BCUT2D eigenvalue weighted by Gasteiger charge is 2.38. The maximum atomic E-state index is 11.7. The lowest BCUT2D eigenvalue weighted by molar-refractivity contribution is -0.122. The van der Waals surface area contributed by atoms with Crippen LogP contribution in [0, 0.1) is 11.8 Å². The molecule has 0 aromatic heterocycles. The molecule has 1 saturated carbocycles. The van der Waals surface area contributed by atoms with Crippen molar-refractivity contribution >= 4 is 11.9 Å². The zero-order valence-corrected chi connectivity index (χ0v) is 11.0. The summed E-state index contributed by atoms with van der Waals surface area (Å²) < 4.78 is 5.04. The number of carbonyl (C=O) groups is 2. The highest BCUT2D eigenvalue weighted by molar-refractivity contribution is 5.91. The number of hydrogen-bond donors (Lipinski definition) is 2. The number of carboxylic acids is 1. The van der Waals surface area contributed by atoms with Crippen molar-refractivity contribution in [1.82, 2.24) is 5.32 Å². The predicted molar refractivity (Wildman–Crippen MR) is 69.1 cm³/mol. The lowest BCUT2D eigenvalue weighted by Gasteiger charge is -2.09. The van der Waals surface area contributed by atoms with E-state index in [2.05, 4.69) is 12.2 Å². The molecular formula is C14H17NO4. The molecule has 0 bridgehead atoms. The van der Waals surface area contributed by atoms with Crippen molar-refractivity contribution in [1.29, 1.82) is 0 Å². The second-order valence-corrected chi connectivity index (χ2v) is 4.88. The molecule has 2 unspecified atom stereocenters. The van der Waals surface area contributed by atoms with Gasteiger partial charge in [-0.2, -0.15) is 0 Å². The average Bonchev–Trinajstić information content (AvgIpc) is 3.12. The van der Waals surface area contributed by atoms with Gasteiger partial charge >= 0.3 is 5.97 Å². The van der Waals surface area contributed by atoms with Crippen molar-refractivity contribution in [3.05, 3.63) is 29.3 Å². The standard InChI is InChI=1S/C14H17NO4/c1-8-5-11(8)13(16)15-7-9-3-4-10(14(17)18)12(6-9)19-2/h3-4,6,8,11H,5,7H2,1-2H3,(H,15,16)(H,17,18). The highest BCUT2D eigenvalue weighted by Crippen LogP contribution is 2.37. The van der Waals surface area contributed by atoms with Crippen molar-refractivity contribution < 1.29 is 19.4 Å². The molecule has 0 saturated heterocycles. The number of aromatic carboxylic acids is 1. The van der Waals surface area contributed by atoms with Gasteiger partial charge in [0.05, 0.1) is 7.11 Å². The average molecular weight is 263 g/mol. The molecule has 19 heavy (non-hydrogen) atoms. The van der Waals surface area contributed by atoms with Gasteiger partial charge in [-0.05, 0) is 30.0 Å². The van der Waals surface area contributed by atoms with Crippen LogP contribution in [0.25, 0.3) is 0 Å². The molecule has 0 spiro atoms. The number of nitrogens with one attached hydrogen (secondary N) is 1. The molecule has 102 valence electrons. The minimum atomic E-state index is -1.03. The Bertz CT molecular complexity index is 512. The first kappa shape index (κ1) is 13.4. The van der Waals surface area contributed by atoms with Gasteiger partial charge in [0.2, 0.25) is 5.91 Å². The van der Waals surface area contributed by atoms with Crippen molar-refractivity contribution in [3.63, 3.8) is 0 Å². The molecule has 1 aliphatic rings. The summed E-state index contributed by atoms with van der Waals surface area (Å²) in [7, 11) is 1.43. The molecule has 0 heterocycles. The summed E-state index contributed by atoms with van der Waals surface area (Å²) in [6.07, 6.45) is 0.951. The third kappa shape index (κ3) is 3.05. The zero-order valence-electron chi connectivity index (χ0n) is 11.0. The van der Waals surface area contributed by atoms with Gasteiger partial charge in [0, 0.05) is 12.5 Å². The predicted octanol–water partition coefficient (Wildman–Crippen LogP) is 1.67. The van der Waals surface area contributed by atoms with Crippen LogP contribution in [0.5, 0.6) is 5.75 Å². The third-order valence-electron chi connectivity index (χ3n) is 3.41. The second kappa shape index (κ2) is 5.30. The number of benzene rings is 1. The molecule has 5 nitrogen and oxygen atoms in total. The first-order valence-corrected chi connectivity index (χ1v) is 6.21. The SMILES string of the molecule is COc1cc(CNC(=O)C2CC2C)ccc1C(=O)O. The molecule has 1 aromatic rings. The van der Waals surface area contributed by atoms with Crippen LogP contribution in [-0.2, 0) is 11.3 Å². The van der Waals surface area contributed by atoms with Crippen LogP contribution in [0.4, 0.5) is 0 Å². The number of carbonyl (C=O) groups excluding carboxylic acids is 1. The summed E-state index contributed by atoms with van der Waals surface area (Å²) in [5.41, 5.74) is 0.942. The van der Waals surface area contributed by atoms with Crippen LogP contribution < -0.4 is 10.1 Å². The Hall–Kier alpha value is -2.04. The molecule has 1 amide bonds. The van der Waals surface area contributed by atoms with Gasteiger partial charge in [0.15, 0.2) is 0 Å². The molecule has 2 rings (SSSR count). The minimum Gasteiger partial charge on any atom is -0.496 e. The van der Waals surface area contributed by atoms with Crippen LogP contribution in [-0.4, -0.2) is 24.1 Å². The first-order valence-electron chi connectivity index (χ1n) is 6.21. The van der Waals surface area contributed by atoms with Crippen molar-refractivity contribution in [3.8, 4) is 5.75 Å². The van der Waals surface area contributed by atoms with E-state index in [1.54, 1.807) is 12.1 Å². The van der Waals surface area contributed by atoms with E-state index in [9.17, 15) is 9.59 Å². The number of amides is 1. The van der Waals surface area contributed by atoms with E-state index in [1.165, 1.54) is 13.2 Å². The topological polar surface area (TPSA) is 75.6 Å². The normalized spacial score (nSPS) is 20.7. The van der Waals surface area contributed by atoms with E-state index >= 15 is 0 Å². The van der Waals surface area contributed by atoms with Gasteiger partial charge in [-0.3, -0.25) is 4.79 Å². The first-order chi connectivity index (χ1) is 9.02. The highest BCUT2D eigenvalue weighted by atomic mass is 16.5. The van der Waals surface area contributed by atoms with Crippen LogP contribution >= 0.6 is 0 Å². The fraction of sp³-hybridized carbons (Fsp3) is 0.429. The molecule has 5 heteroatoms. The van der Waals surface area contributed by atoms with E-state index in [4.69, 9.17) is 9.84 Å². The Balaban J connectivity index is 2.01. The molecular weight excluding hydrogens is 246 g/mol. The van der Waals surface area contributed by atoms with Gasteiger partial charge in [0.1, 0.15) is 11.3 Å². The quantitative estimate of drug-likeness (QED) is 0.847. The van der Waals surface area contributed by atoms with Crippen LogP contribution in [0.2, 0.25) is 0 Å². The Morgan fingerprint density at radius 2 is 2.16 bits per heavy atom. The van der Waals surface area contributed by atoms with Crippen molar-refractivity contribution in [2.24, 2.45) is 11.8 Å². The smallest absolute Gasteiger partial charge is 0.339 e. The van der Waals surface area contributed by atoms with Crippen LogP contribution in [0.1, 0.15) is 29.3 Å². The number of ether oxygens (including phenoxy) is 1. The molecule has 2 N–H and O–H groups in total. The molecule has 1 aromatic carbocycles. The maximum Gasteiger partial charge on any atom is 0.339 e. The Morgan fingerprint density at radius 3 is 2.68 bits per heavy atom. The van der Waals surface area contributed by atoms with E-state index in [0.717, 1.165) is 12.0 Å². The van der Waals surface area contributed by atoms with E-state index in [-0.39, 0.29) is 17.4 Å². The van der Waals surface area contributed by atoms with Crippen LogP contribution in [0.15, 0.2) is 18.2 Å². The van der Waals surface area contributed by atoms with E-state index < -0.39 is 5.97 Å². The lowest BCUT2D eigenvalue weighted by atomic mass is 10.1. The summed E-state index contributed by atoms with van der Waals surface area (Å²) in [5, 5.41) is 11.8. The molecule has 2 atom stereocenters. The monoisotopic (exact) mass is 263 g/mol. The number of rotatable bonds is 5. The van der Waals surface area contributed by atoms with Crippen molar-refractivity contribution in [2.75, 3.05) is 7.11 Å². The van der Waals surface area contributed by atoms with Gasteiger partial charge in [-0.25, -0.2) is 4.79 Å². The maximum absolute atomic E-state index is 11.7. The third-order valence-corrected chi connectivity index (χ3v) is 3.41. The largest absolute Gasteiger partial charge is 0.496 e. The molecule has 1 fully saturated rings. The number of methoxy groups -OCH3 is 1. The van der Waals surface area contributed by atoms with Gasteiger partial charge in [0.25, 0.3) is 0 Å². The van der Waals surface area contributed by atoms with E-state index in [0.29, 0.717) is 18.2 Å². The summed E-state index contributed by atoms with van der Waals surface area (Å²) in [6, 6.07) is 4.81. The van der Waals surface area contributed by atoms with Gasteiger partial charge in [-0.15, -0.1) is 0 Å². The van der Waals surface area contributed by atoms with Crippen LogP contribution in [0.3, 0.4) is 0 Å². The van der Waals surface area contributed by atoms with Gasteiger partial charge in [-0.1, -0.05) is 13.0 Å². The Morgan fingerprint density at radius 1 is 1.47 bits per heavy atom. The Kier molecular flexibility index (Phi) is 3.74. The summed E-state index contributed by atoms with van der Waals surface area (Å²) in [6.45, 7) is 2.44. The molecule has 1 aliphatic carbocycles. The molecule has 0 aliphatic heterocycles. The van der Waals surface area contributed by atoms with Crippen molar-refractivity contribution in [2.45, 2.75) is 19.9 Å². The second-order valence-electron chi connectivity index (χ2n) is 4.88. The zero-order chi connectivity index (χ0) is 14.0. The lowest BCUT2D eigenvalue weighted by Crippen LogP contribution is -2.24. The fourth-order valence-corrected chi connectivity index (χ4v) is 2.03. The van der Waals surface area contributed by atoms with E-state index in [1.807, 2.05) is 0 Å². The summed E-state index contributed by atoms with van der Waals surface area (Å²) in [5.74, 6) is -0.0452. The number of carboxylic acid groups (broad SMARTS) is 1. The summed E-state index contributed by atoms with van der Waals surface area (Å²) in [4.78, 5) is 22.6. The molecule has 0 radical (unpaired) electrons. The fourth-order valence-electron chi connectivity index (χ4n) is 2.03. The number of hydrogen-bond acceptors (Lipinski definition) is 3. The summed E-state index contributed by atoms with van der Waals surface area (Å²) >= 11 is 0.